The lowest BCUT2D eigenvalue weighted by Gasteiger charge is -2.01. The first-order valence-corrected chi connectivity index (χ1v) is 5.53. The summed E-state index contributed by atoms with van der Waals surface area (Å²) in [5.41, 5.74) is 0. The average Bonchev–Trinajstić information content (AvgIpc) is 2.33. The number of carbonyl (C=O) groups is 2. The van der Waals surface area contributed by atoms with Gasteiger partial charge in [-0.3, -0.25) is 9.59 Å². The topological polar surface area (TPSA) is 103 Å². The maximum atomic E-state index is 10.1. The van der Waals surface area contributed by atoms with Crippen molar-refractivity contribution in [2.75, 3.05) is 0 Å². The predicted molar refractivity (Wildman–Crippen MR) is 84.8 cm³/mol. The second kappa shape index (κ2) is 20.2. The van der Waals surface area contributed by atoms with Crippen LogP contribution in [0.25, 0.3) is 4.85 Å². The highest BCUT2D eigenvalue weighted by Gasteiger charge is 2.11. The molecule has 2 atom stereocenters. The van der Waals surface area contributed by atoms with Gasteiger partial charge < -0.3 is 15.1 Å². The van der Waals surface area contributed by atoms with Crippen molar-refractivity contribution in [3.63, 3.8) is 0 Å². The smallest absolute Gasteiger partial charge is 0.306 e. The van der Waals surface area contributed by atoms with Crippen LogP contribution in [0.2, 0.25) is 0 Å². The Balaban J connectivity index is -0.0000000724. The van der Waals surface area contributed by atoms with Crippen LogP contribution in [0.3, 0.4) is 0 Å². The molecule has 0 fully saturated rings. The van der Waals surface area contributed by atoms with E-state index in [9.17, 15) is 9.59 Å². The van der Waals surface area contributed by atoms with Gasteiger partial charge in [-0.05, 0) is 6.42 Å². The summed E-state index contributed by atoms with van der Waals surface area (Å²) in [6.07, 6.45) is 1.34. The quantitative estimate of drug-likeness (QED) is 0.720. The summed E-state index contributed by atoms with van der Waals surface area (Å²) in [5, 5.41) is 24.5. The van der Waals surface area contributed by atoms with E-state index in [0.717, 1.165) is 0 Å². The molecule has 0 amide bonds. The molecular weight excluding hydrogens is 272 g/mol. The molecule has 0 aromatic rings. The highest BCUT2D eigenvalue weighted by molar-refractivity contribution is 5.71. The third-order valence-electron chi connectivity index (χ3n) is 2.11. The number of nitriles is 1. The molecule has 124 valence electrons. The molecule has 0 saturated heterocycles. The van der Waals surface area contributed by atoms with Gasteiger partial charge >= 0.3 is 11.9 Å². The van der Waals surface area contributed by atoms with Gasteiger partial charge in [0, 0.05) is 26.2 Å². The molecule has 0 aliphatic heterocycles. The van der Waals surface area contributed by atoms with Gasteiger partial charge in [-0.15, -0.1) is 0 Å². The Morgan fingerprint density at radius 3 is 1.95 bits per heavy atom. The van der Waals surface area contributed by atoms with Gasteiger partial charge in [0.05, 0.1) is 12.0 Å². The standard InChI is InChI=1S/C6H8N2.C6H10O4.3CH4/c1-6(8-2)4-3-5-7;1-4(6(9)10)2-3-5(7)8;;;/h6H,3-4H2,1H3;4H,2-3H2,1H3,(H,7,8)(H,9,10);3*1H4. The van der Waals surface area contributed by atoms with Crippen molar-refractivity contribution in [2.24, 2.45) is 5.92 Å². The summed E-state index contributed by atoms with van der Waals surface area (Å²) in [7, 11) is 0. The van der Waals surface area contributed by atoms with Gasteiger partial charge in [0.2, 0.25) is 6.04 Å². The Labute approximate surface area is 129 Å². The van der Waals surface area contributed by atoms with Gasteiger partial charge in [-0.25, -0.2) is 6.57 Å². The molecule has 6 heteroatoms. The maximum Gasteiger partial charge on any atom is 0.306 e. The first kappa shape index (κ1) is 31.4. The summed E-state index contributed by atoms with van der Waals surface area (Å²) in [6.45, 7) is 9.82. The SMILES string of the molecule is C.C.C.CC(CCC(=O)O)C(=O)O.[C-]#[N+]C(C)CCC#N. The Kier molecular flexibility index (Phi) is 30.2. The van der Waals surface area contributed by atoms with Gasteiger partial charge in [-0.1, -0.05) is 29.2 Å². The van der Waals surface area contributed by atoms with E-state index >= 15 is 0 Å². The Morgan fingerprint density at radius 2 is 1.67 bits per heavy atom. The Hall–Kier alpha value is -2.08. The molecule has 0 radical (unpaired) electrons. The van der Waals surface area contributed by atoms with E-state index in [-0.39, 0.29) is 41.2 Å². The zero-order valence-corrected chi connectivity index (χ0v) is 10.6. The summed E-state index contributed by atoms with van der Waals surface area (Å²) in [4.78, 5) is 23.3. The summed E-state index contributed by atoms with van der Waals surface area (Å²) in [5.74, 6) is -2.45. The van der Waals surface area contributed by atoms with Crippen molar-refractivity contribution in [1.82, 2.24) is 0 Å². The first-order valence-electron chi connectivity index (χ1n) is 5.53. The fourth-order valence-electron chi connectivity index (χ4n) is 0.801. The van der Waals surface area contributed by atoms with E-state index in [1.54, 1.807) is 0 Å². The number of carboxylic acids is 2. The van der Waals surface area contributed by atoms with Crippen molar-refractivity contribution < 1.29 is 19.8 Å². The molecule has 0 saturated carbocycles. The fourth-order valence-corrected chi connectivity index (χ4v) is 0.801. The van der Waals surface area contributed by atoms with E-state index in [1.165, 1.54) is 6.92 Å². The van der Waals surface area contributed by atoms with Crippen LogP contribution in [0.1, 0.15) is 61.8 Å². The van der Waals surface area contributed by atoms with Crippen LogP contribution in [-0.2, 0) is 9.59 Å². The summed E-state index contributed by atoms with van der Waals surface area (Å²) in [6, 6.07) is 2.01. The van der Waals surface area contributed by atoms with Crippen molar-refractivity contribution in [3.05, 3.63) is 11.4 Å². The van der Waals surface area contributed by atoms with E-state index < -0.39 is 17.9 Å². The molecule has 0 aromatic carbocycles. The lowest BCUT2D eigenvalue weighted by molar-refractivity contribution is -0.142. The minimum atomic E-state index is -0.951. The van der Waals surface area contributed by atoms with Gasteiger partial charge in [-0.2, -0.15) is 5.26 Å². The molecule has 0 rings (SSSR count). The number of hydrogen-bond acceptors (Lipinski definition) is 3. The molecule has 21 heavy (non-hydrogen) atoms. The first-order chi connectivity index (χ1) is 8.34. The van der Waals surface area contributed by atoms with E-state index in [1.807, 2.05) is 13.0 Å². The van der Waals surface area contributed by atoms with Crippen molar-refractivity contribution in [2.45, 2.75) is 67.9 Å². The maximum absolute atomic E-state index is 10.1. The van der Waals surface area contributed by atoms with Crippen LogP contribution in [0, 0.1) is 23.8 Å². The zero-order valence-electron chi connectivity index (χ0n) is 10.6. The third-order valence-corrected chi connectivity index (χ3v) is 2.11. The molecule has 2 unspecified atom stereocenters. The molecule has 2 N–H and O–H groups in total. The Bertz CT molecular complexity index is 343. The number of aliphatic carboxylic acids is 2. The van der Waals surface area contributed by atoms with E-state index in [0.29, 0.717) is 12.8 Å². The number of hydrogen-bond donors (Lipinski definition) is 2. The highest BCUT2D eigenvalue weighted by Crippen LogP contribution is 2.04. The highest BCUT2D eigenvalue weighted by atomic mass is 16.4. The van der Waals surface area contributed by atoms with Gasteiger partial charge in [0.25, 0.3) is 0 Å². The molecule has 0 aliphatic rings. The van der Waals surface area contributed by atoms with Crippen LogP contribution in [0.15, 0.2) is 0 Å². The molecule has 0 aromatic heterocycles. The Morgan fingerprint density at radius 1 is 1.19 bits per heavy atom. The van der Waals surface area contributed by atoms with Crippen LogP contribution >= 0.6 is 0 Å². The lowest BCUT2D eigenvalue weighted by Crippen LogP contribution is -2.11. The summed E-state index contributed by atoms with van der Waals surface area (Å²) < 4.78 is 0. The van der Waals surface area contributed by atoms with Gasteiger partial charge in [0.1, 0.15) is 0 Å². The molecule has 6 nitrogen and oxygen atoms in total. The van der Waals surface area contributed by atoms with Crippen molar-refractivity contribution >= 4 is 11.9 Å². The largest absolute Gasteiger partial charge is 0.481 e. The van der Waals surface area contributed by atoms with Crippen LogP contribution in [0.5, 0.6) is 0 Å². The predicted octanol–water partition coefficient (Wildman–Crippen LogP) is 4.08. The molecule has 0 spiro atoms. The molecule has 0 bridgehead atoms. The van der Waals surface area contributed by atoms with E-state index in [2.05, 4.69) is 4.85 Å². The minimum Gasteiger partial charge on any atom is -0.481 e. The van der Waals surface area contributed by atoms with E-state index in [4.69, 9.17) is 22.0 Å². The van der Waals surface area contributed by atoms with Crippen LogP contribution in [-0.4, -0.2) is 28.2 Å². The fraction of sp³-hybridized carbons (Fsp3) is 0.733. The number of nitrogens with zero attached hydrogens (tertiary/aromatic N) is 2. The zero-order chi connectivity index (χ0) is 14.6. The number of carboxylic acid groups (broad SMARTS) is 2. The van der Waals surface area contributed by atoms with Crippen molar-refractivity contribution in [1.29, 1.82) is 5.26 Å². The molecular formula is C15H30N2O4. The normalized spacial score (nSPS) is 10.3. The average molecular weight is 302 g/mol. The second-order valence-electron chi connectivity index (χ2n) is 3.85. The minimum absolute atomic E-state index is 0. The second-order valence-corrected chi connectivity index (χ2v) is 3.85. The summed E-state index contributed by atoms with van der Waals surface area (Å²) >= 11 is 0. The van der Waals surface area contributed by atoms with Crippen LogP contribution in [0.4, 0.5) is 0 Å². The van der Waals surface area contributed by atoms with Crippen molar-refractivity contribution in [3.8, 4) is 6.07 Å². The number of rotatable bonds is 6. The lowest BCUT2D eigenvalue weighted by atomic mass is 10.1. The van der Waals surface area contributed by atoms with Crippen LogP contribution < -0.4 is 0 Å². The third kappa shape index (κ3) is 27.2. The molecule has 0 aliphatic carbocycles. The molecule has 0 heterocycles. The monoisotopic (exact) mass is 302 g/mol. The van der Waals surface area contributed by atoms with Gasteiger partial charge in [0.15, 0.2) is 0 Å².